The highest BCUT2D eigenvalue weighted by molar-refractivity contribution is 7.99. The summed E-state index contributed by atoms with van der Waals surface area (Å²) in [5, 5.41) is 12.2. The van der Waals surface area contributed by atoms with Gasteiger partial charge in [-0.05, 0) is 6.92 Å². The number of amides is 2. The lowest BCUT2D eigenvalue weighted by molar-refractivity contribution is -0.141. The number of nitrogens with zero attached hydrogens (tertiary/aromatic N) is 2. The lowest BCUT2D eigenvalue weighted by Crippen LogP contribution is -2.51. The number of aliphatic carboxylic acids is 1. The van der Waals surface area contributed by atoms with Crippen LogP contribution in [-0.4, -0.2) is 51.1 Å². The van der Waals surface area contributed by atoms with Crippen molar-refractivity contribution in [1.29, 1.82) is 0 Å². The maximum atomic E-state index is 12.0. The molecule has 2 amide bonds. The van der Waals surface area contributed by atoms with E-state index in [-0.39, 0.29) is 0 Å². The number of nitrogens with one attached hydrogen (secondary N) is 1. The Bertz CT molecular complexity index is 463. The number of thiazole rings is 1. The fourth-order valence-electron chi connectivity index (χ4n) is 1.63. The van der Waals surface area contributed by atoms with Crippen LogP contribution in [0.25, 0.3) is 0 Å². The SMILES string of the molecule is Cc1cnc(NC(=O)N2CCSCC2C(=O)O)s1. The Labute approximate surface area is 112 Å². The first kappa shape index (κ1) is 13.2. The number of thioether (sulfide) groups is 1. The van der Waals surface area contributed by atoms with Gasteiger partial charge in [0.15, 0.2) is 5.13 Å². The van der Waals surface area contributed by atoms with Crippen LogP contribution in [-0.2, 0) is 4.79 Å². The average molecular weight is 287 g/mol. The Morgan fingerprint density at radius 3 is 3.00 bits per heavy atom. The van der Waals surface area contributed by atoms with E-state index in [2.05, 4.69) is 10.3 Å². The molecular formula is C10H13N3O3S2. The van der Waals surface area contributed by atoms with Gasteiger partial charge in [0.05, 0.1) is 0 Å². The van der Waals surface area contributed by atoms with Gasteiger partial charge in [0.25, 0.3) is 0 Å². The van der Waals surface area contributed by atoms with Gasteiger partial charge >= 0.3 is 12.0 Å². The van der Waals surface area contributed by atoms with Crippen LogP contribution in [0.4, 0.5) is 9.93 Å². The minimum Gasteiger partial charge on any atom is -0.480 e. The van der Waals surface area contributed by atoms with E-state index < -0.39 is 18.0 Å². The predicted molar refractivity (Wildman–Crippen MR) is 71.3 cm³/mol. The summed E-state index contributed by atoms with van der Waals surface area (Å²) < 4.78 is 0. The van der Waals surface area contributed by atoms with Crippen molar-refractivity contribution >= 4 is 40.2 Å². The van der Waals surface area contributed by atoms with Gasteiger partial charge in [-0.3, -0.25) is 5.32 Å². The van der Waals surface area contributed by atoms with Crippen LogP contribution in [0.1, 0.15) is 4.88 Å². The molecule has 0 aliphatic carbocycles. The second-order valence-corrected chi connectivity index (χ2v) is 6.21. The minimum absolute atomic E-state index is 0.392. The third-order valence-corrected chi connectivity index (χ3v) is 4.36. The lowest BCUT2D eigenvalue weighted by Gasteiger charge is -2.32. The van der Waals surface area contributed by atoms with E-state index in [1.165, 1.54) is 16.2 Å². The topological polar surface area (TPSA) is 82.5 Å². The first-order valence-corrected chi connectivity index (χ1v) is 7.35. The number of carbonyl (C=O) groups excluding carboxylic acids is 1. The van der Waals surface area contributed by atoms with Crippen molar-refractivity contribution in [2.24, 2.45) is 0 Å². The molecule has 18 heavy (non-hydrogen) atoms. The number of carboxylic acid groups (broad SMARTS) is 1. The van der Waals surface area contributed by atoms with Gasteiger partial charge in [-0.1, -0.05) is 0 Å². The van der Waals surface area contributed by atoms with Gasteiger partial charge in [0, 0.05) is 29.1 Å². The largest absolute Gasteiger partial charge is 0.480 e. The molecule has 1 aliphatic rings. The number of hydrogen-bond acceptors (Lipinski definition) is 5. The van der Waals surface area contributed by atoms with Crippen LogP contribution in [0, 0.1) is 6.92 Å². The van der Waals surface area contributed by atoms with E-state index >= 15 is 0 Å². The normalized spacial score (nSPS) is 19.6. The van der Waals surface area contributed by atoms with Crippen molar-refractivity contribution in [3.63, 3.8) is 0 Å². The lowest BCUT2D eigenvalue weighted by atomic mass is 10.3. The molecule has 0 bridgehead atoms. The first-order valence-electron chi connectivity index (χ1n) is 5.38. The van der Waals surface area contributed by atoms with Crippen molar-refractivity contribution < 1.29 is 14.7 Å². The highest BCUT2D eigenvalue weighted by Crippen LogP contribution is 2.20. The molecule has 98 valence electrons. The first-order chi connectivity index (χ1) is 8.58. The van der Waals surface area contributed by atoms with Crippen molar-refractivity contribution in [3.05, 3.63) is 11.1 Å². The van der Waals surface area contributed by atoms with E-state index in [4.69, 9.17) is 5.11 Å². The van der Waals surface area contributed by atoms with Crippen molar-refractivity contribution in [2.75, 3.05) is 23.4 Å². The van der Waals surface area contributed by atoms with E-state index in [0.717, 1.165) is 10.6 Å². The summed E-state index contributed by atoms with van der Waals surface area (Å²) in [6, 6.07) is -1.15. The molecule has 6 nitrogen and oxygen atoms in total. The van der Waals surface area contributed by atoms with Crippen LogP contribution < -0.4 is 5.32 Å². The average Bonchev–Trinajstić information content (AvgIpc) is 2.74. The van der Waals surface area contributed by atoms with Gasteiger partial charge in [0.1, 0.15) is 6.04 Å². The summed E-state index contributed by atoms with van der Waals surface area (Å²) >= 11 is 2.91. The smallest absolute Gasteiger partial charge is 0.327 e. The summed E-state index contributed by atoms with van der Waals surface area (Å²) in [7, 11) is 0. The minimum atomic E-state index is -0.965. The highest BCUT2D eigenvalue weighted by Gasteiger charge is 2.32. The number of aryl methyl sites for hydroxylation is 1. The van der Waals surface area contributed by atoms with Crippen LogP contribution in [0.15, 0.2) is 6.20 Å². The standard InChI is InChI=1S/C10H13N3O3S2/c1-6-4-11-9(18-6)12-10(16)13-2-3-17-5-7(13)8(14)15/h4,7H,2-3,5H2,1H3,(H,14,15)(H,11,12,16). The fraction of sp³-hybridized carbons (Fsp3) is 0.500. The van der Waals surface area contributed by atoms with Gasteiger partial charge in [-0.2, -0.15) is 11.8 Å². The van der Waals surface area contributed by atoms with Crippen molar-refractivity contribution in [2.45, 2.75) is 13.0 Å². The summed E-state index contributed by atoms with van der Waals surface area (Å²) in [5.74, 6) is 0.223. The second-order valence-electron chi connectivity index (χ2n) is 3.83. The Morgan fingerprint density at radius 1 is 1.61 bits per heavy atom. The van der Waals surface area contributed by atoms with E-state index in [1.54, 1.807) is 18.0 Å². The Morgan fingerprint density at radius 2 is 2.39 bits per heavy atom. The highest BCUT2D eigenvalue weighted by atomic mass is 32.2. The molecule has 0 spiro atoms. The van der Waals surface area contributed by atoms with E-state index in [1.807, 2.05) is 6.92 Å². The van der Waals surface area contributed by atoms with Crippen LogP contribution in [0.3, 0.4) is 0 Å². The monoisotopic (exact) mass is 287 g/mol. The third-order valence-electron chi connectivity index (χ3n) is 2.51. The molecule has 2 heterocycles. The van der Waals surface area contributed by atoms with Gasteiger partial charge in [0.2, 0.25) is 0 Å². The molecule has 1 fully saturated rings. The molecule has 0 radical (unpaired) electrons. The Kier molecular flexibility index (Phi) is 4.07. The van der Waals surface area contributed by atoms with Gasteiger partial charge in [-0.15, -0.1) is 11.3 Å². The maximum Gasteiger partial charge on any atom is 0.327 e. The van der Waals surface area contributed by atoms with E-state index in [0.29, 0.717) is 17.4 Å². The summed E-state index contributed by atoms with van der Waals surface area (Å²) in [6.07, 6.45) is 1.67. The predicted octanol–water partition coefficient (Wildman–Crippen LogP) is 1.49. The zero-order chi connectivity index (χ0) is 13.1. The van der Waals surface area contributed by atoms with Crippen molar-refractivity contribution in [3.8, 4) is 0 Å². The molecule has 1 aromatic heterocycles. The number of rotatable bonds is 2. The van der Waals surface area contributed by atoms with Crippen LogP contribution in [0.5, 0.6) is 0 Å². The van der Waals surface area contributed by atoms with Crippen molar-refractivity contribution in [1.82, 2.24) is 9.88 Å². The summed E-state index contributed by atoms with van der Waals surface area (Å²) in [4.78, 5) is 29.5. The number of carbonyl (C=O) groups is 2. The Hall–Kier alpha value is -1.28. The van der Waals surface area contributed by atoms with Gasteiger partial charge < -0.3 is 10.0 Å². The molecule has 1 atom stereocenters. The number of urea groups is 1. The molecule has 0 aromatic carbocycles. The molecule has 2 N–H and O–H groups in total. The second kappa shape index (κ2) is 5.57. The maximum absolute atomic E-state index is 12.0. The number of carboxylic acids is 1. The number of anilines is 1. The summed E-state index contributed by atoms with van der Waals surface area (Å²) in [5.41, 5.74) is 0. The van der Waals surface area contributed by atoms with E-state index in [9.17, 15) is 9.59 Å². The zero-order valence-electron chi connectivity index (χ0n) is 9.75. The zero-order valence-corrected chi connectivity index (χ0v) is 11.4. The molecule has 1 aromatic rings. The molecule has 2 rings (SSSR count). The number of hydrogen-bond donors (Lipinski definition) is 2. The van der Waals surface area contributed by atoms with Gasteiger partial charge in [-0.25, -0.2) is 14.6 Å². The number of aromatic nitrogens is 1. The quantitative estimate of drug-likeness (QED) is 0.861. The Balaban J connectivity index is 2.04. The third kappa shape index (κ3) is 2.94. The summed E-state index contributed by atoms with van der Waals surface area (Å²) in [6.45, 7) is 2.34. The molecular weight excluding hydrogens is 274 g/mol. The molecule has 1 unspecified atom stereocenters. The fourth-order valence-corrected chi connectivity index (χ4v) is 3.32. The van der Waals surface area contributed by atoms with Crippen LogP contribution >= 0.6 is 23.1 Å². The van der Waals surface area contributed by atoms with Crippen LogP contribution in [0.2, 0.25) is 0 Å². The molecule has 8 heteroatoms. The molecule has 1 saturated heterocycles. The molecule has 0 saturated carbocycles. The molecule has 1 aliphatic heterocycles.